The van der Waals surface area contributed by atoms with Crippen LogP contribution in [0.25, 0.3) is 21.9 Å². The molecule has 3 aromatic rings. The van der Waals surface area contributed by atoms with Gasteiger partial charge in [0.05, 0.1) is 32.5 Å². The van der Waals surface area contributed by atoms with E-state index in [1.807, 2.05) is 6.92 Å². The average Bonchev–Trinajstić information content (AvgIpc) is 3.16. The number of H-pyrrole nitrogens is 1. The Bertz CT molecular complexity index is 864. The van der Waals surface area contributed by atoms with Crippen molar-refractivity contribution in [2.45, 2.75) is 25.7 Å². The number of halogens is 1. The lowest BCUT2D eigenvalue weighted by Crippen LogP contribution is -2.26. The summed E-state index contributed by atoms with van der Waals surface area (Å²) < 4.78 is 0. The van der Waals surface area contributed by atoms with Crippen LogP contribution in [-0.2, 0) is 0 Å². The highest BCUT2D eigenvalue weighted by Gasteiger charge is 2.22. The maximum atomic E-state index is 6.03. The van der Waals surface area contributed by atoms with Crippen molar-refractivity contribution in [3.8, 4) is 10.7 Å². The first-order chi connectivity index (χ1) is 11.1. The van der Waals surface area contributed by atoms with Gasteiger partial charge in [0, 0.05) is 5.92 Å². The number of rotatable bonds is 2. The zero-order valence-corrected chi connectivity index (χ0v) is 14.3. The molecule has 1 saturated heterocycles. The molecule has 1 aliphatic heterocycles. The molecule has 0 atom stereocenters. The molecule has 0 unspecified atom stereocenters. The van der Waals surface area contributed by atoms with Gasteiger partial charge in [0.15, 0.2) is 11.5 Å². The minimum atomic E-state index is 0.434. The molecular weight excluding hydrogens is 332 g/mol. The van der Waals surface area contributed by atoms with Crippen molar-refractivity contribution in [1.29, 1.82) is 0 Å². The van der Waals surface area contributed by atoms with Gasteiger partial charge in [-0.05, 0) is 32.9 Å². The lowest BCUT2D eigenvalue weighted by Gasteiger charge is -2.20. The Balaban J connectivity index is 1.75. The number of piperidine rings is 1. The fourth-order valence-electron chi connectivity index (χ4n) is 2.94. The van der Waals surface area contributed by atoms with Crippen LogP contribution in [0.5, 0.6) is 0 Å². The minimum Gasteiger partial charge on any atom is -0.396 e. The van der Waals surface area contributed by atoms with Gasteiger partial charge in [-0.2, -0.15) is 0 Å². The van der Waals surface area contributed by atoms with E-state index >= 15 is 0 Å². The van der Waals surface area contributed by atoms with Crippen molar-refractivity contribution in [2.75, 3.05) is 18.8 Å². The van der Waals surface area contributed by atoms with Gasteiger partial charge in [-0.25, -0.2) is 15.0 Å². The van der Waals surface area contributed by atoms with Gasteiger partial charge in [0.25, 0.3) is 0 Å². The van der Waals surface area contributed by atoms with Gasteiger partial charge in [0.1, 0.15) is 5.52 Å². The summed E-state index contributed by atoms with van der Waals surface area (Å²) in [5, 5.41) is 5.02. The molecule has 120 valence electrons. The molecule has 3 aromatic heterocycles. The summed E-state index contributed by atoms with van der Waals surface area (Å²) in [4.78, 5) is 17.9. The number of nitrogen functional groups attached to an aromatic ring is 1. The lowest BCUT2D eigenvalue weighted by molar-refractivity contribution is 0.459. The third kappa shape index (κ3) is 2.58. The Hall–Kier alpha value is -1.70. The monoisotopic (exact) mass is 348 g/mol. The Morgan fingerprint density at radius 2 is 2.09 bits per heavy atom. The number of aryl methyl sites for hydroxylation is 1. The van der Waals surface area contributed by atoms with E-state index in [-0.39, 0.29) is 0 Å². The van der Waals surface area contributed by atoms with Crippen LogP contribution in [-0.4, -0.2) is 33.0 Å². The molecule has 0 bridgehead atoms. The third-order valence-corrected chi connectivity index (χ3v) is 5.86. The van der Waals surface area contributed by atoms with Crippen LogP contribution in [0.4, 0.5) is 5.69 Å². The van der Waals surface area contributed by atoms with E-state index in [0.717, 1.165) is 42.3 Å². The first-order valence-electron chi connectivity index (χ1n) is 7.61. The summed E-state index contributed by atoms with van der Waals surface area (Å²) in [5.41, 5.74) is 8.75. The predicted octanol–water partition coefficient (Wildman–Crippen LogP) is 3.09. The van der Waals surface area contributed by atoms with Crippen LogP contribution in [0.3, 0.4) is 0 Å². The lowest BCUT2D eigenvalue weighted by atomic mass is 9.99. The van der Waals surface area contributed by atoms with Crippen molar-refractivity contribution in [3.05, 3.63) is 21.9 Å². The smallest absolute Gasteiger partial charge is 0.180 e. The highest BCUT2D eigenvalue weighted by Crippen LogP contribution is 2.36. The largest absolute Gasteiger partial charge is 0.396 e. The number of thiazole rings is 1. The summed E-state index contributed by atoms with van der Waals surface area (Å²) in [5.74, 6) is 1.30. The molecular formula is C15H17ClN6S. The number of hydrogen-bond acceptors (Lipinski definition) is 6. The number of imidazole rings is 1. The van der Waals surface area contributed by atoms with Crippen molar-refractivity contribution in [1.82, 2.24) is 25.3 Å². The maximum absolute atomic E-state index is 6.03. The van der Waals surface area contributed by atoms with Gasteiger partial charge >= 0.3 is 0 Å². The fraction of sp³-hybridized carbons (Fsp3) is 0.400. The molecule has 1 fully saturated rings. The maximum Gasteiger partial charge on any atom is 0.180 e. The molecule has 0 aliphatic carbocycles. The number of aromatic nitrogens is 4. The zero-order chi connectivity index (χ0) is 16.0. The van der Waals surface area contributed by atoms with Crippen LogP contribution < -0.4 is 11.1 Å². The third-order valence-electron chi connectivity index (χ3n) is 4.23. The Kier molecular flexibility index (Phi) is 3.71. The summed E-state index contributed by atoms with van der Waals surface area (Å²) in [6, 6.07) is 0. The van der Waals surface area contributed by atoms with E-state index < -0.39 is 0 Å². The van der Waals surface area contributed by atoms with E-state index in [9.17, 15) is 0 Å². The van der Waals surface area contributed by atoms with Gasteiger partial charge in [0.2, 0.25) is 0 Å². The Labute approximate surface area is 142 Å². The predicted molar refractivity (Wildman–Crippen MR) is 94.0 cm³/mol. The van der Waals surface area contributed by atoms with Gasteiger partial charge in [-0.1, -0.05) is 11.6 Å². The molecule has 0 amide bonds. The van der Waals surface area contributed by atoms with E-state index in [2.05, 4.69) is 20.3 Å². The number of anilines is 1. The second kappa shape index (κ2) is 5.74. The summed E-state index contributed by atoms with van der Waals surface area (Å²) in [6.45, 7) is 4.14. The van der Waals surface area contributed by atoms with E-state index in [1.165, 1.54) is 11.2 Å². The Morgan fingerprint density at radius 3 is 2.87 bits per heavy atom. The number of fused-ring (bicyclic) bond motifs is 1. The number of hydrogen-bond donors (Lipinski definition) is 3. The number of nitrogens with one attached hydrogen (secondary N) is 2. The van der Waals surface area contributed by atoms with Crippen molar-refractivity contribution in [3.63, 3.8) is 0 Å². The molecule has 0 saturated carbocycles. The van der Waals surface area contributed by atoms with E-state index in [0.29, 0.717) is 27.8 Å². The zero-order valence-electron chi connectivity index (χ0n) is 12.7. The number of pyridine rings is 1. The van der Waals surface area contributed by atoms with Crippen LogP contribution >= 0.6 is 22.9 Å². The minimum absolute atomic E-state index is 0.434. The number of aromatic amines is 1. The average molecular weight is 349 g/mol. The molecule has 0 spiro atoms. The van der Waals surface area contributed by atoms with Crippen LogP contribution in [0.1, 0.15) is 29.5 Å². The highest BCUT2D eigenvalue weighted by atomic mass is 35.5. The van der Waals surface area contributed by atoms with E-state index in [1.54, 1.807) is 11.3 Å². The molecule has 1 aliphatic rings. The summed E-state index contributed by atoms with van der Waals surface area (Å²) in [7, 11) is 0. The van der Waals surface area contributed by atoms with Crippen molar-refractivity contribution < 1.29 is 0 Å². The molecule has 8 heteroatoms. The van der Waals surface area contributed by atoms with Crippen molar-refractivity contribution >= 4 is 39.8 Å². The molecule has 4 N–H and O–H groups in total. The Morgan fingerprint density at radius 1 is 1.30 bits per heavy atom. The summed E-state index contributed by atoms with van der Waals surface area (Å²) >= 11 is 7.74. The highest BCUT2D eigenvalue weighted by molar-refractivity contribution is 7.15. The quantitative estimate of drug-likeness (QED) is 0.661. The first-order valence-corrected chi connectivity index (χ1v) is 8.81. The number of nitrogens with zero attached hydrogens (tertiary/aromatic N) is 3. The van der Waals surface area contributed by atoms with Crippen molar-refractivity contribution in [2.24, 2.45) is 0 Å². The normalized spacial score (nSPS) is 16.3. The molecule has 0 radical (unpaired) electrons. The topological polar surface area (TPSA) is 92.5 Å². The van der Waals surface area contributed by atoms with Gasteiger partial charge in [-0.3, -0.25) is 0 Å². The van der Waals surface area contributed by atoms with E-state index in [4.69, 9.17) is 22.3 Å². The second-order valence-electron chi connectivity index (χ2n) is 5.79. The van der Waals surface area contributed by atoms with Crippen LogP contribution in [0.15, 0.2) is 6.20 Å². The van der Waals surface area contributed by atoms with Crippen LogP contribution in [0.2, 0.25) is 5.02 Å². The SMILES string of the molecule is Cc1nc(C2CCNCC2)sc1-c1nc2ncc(Cl)c(N)c2[nH]1. The van der Waals surface area contributed by atoms with Gasteiger partial charge < -0.3 is 16.0 Å². The number of nitrogens with two attached hydrogens (primary N) is 1. The molecule has 4 heterocycles. The summed E-state index contributed by atoms with van der Waals surface area (Å²) in [6.07, 6.45) is 3.80. The molecule has 23 heavy (non-hydrogen) atoms. The first kappa shape index (κ1) is 14.9. The molecule has 0 aromatic carbocycles. The standard InChI is InChI=1S/C15H17ClN6S/c1-7-12(23-15(20-7)8-2-4-18-5-3-8)14-21-11-10(17)9(16)6-19-13(11)22-14/h6,8,18H,2-5H2,1H3,(H3,17,19,21,22). The molecule has 4 rings (SSSR count). The fourth-order valence-corrected chi connectivity index (χ4v) is 4.26. The second-order valence-corrected chi connectivity index (χ2v) is 7.23. The molecule has 6 nitrogen and oxygen atoms in total. The van der Waals surface area contributed by atoms with Crippen LogP contribution in [0, 0.1) is 6.92 Å². The van der Waals surface area contributed by atoms with Gasteiger partial charge in [-0.15, -0.1) is 11.3 Å².